The van der Waals surface area contributed by atoms with Gasteiger partial charge in [-0.3, -0.25) is 14.4 Å². The zero-order valence-electron chi connectivity index (χ0n) is 20.4. The number of ketones is 2. The molecule has 1 N–H and O–H groups in total. The quantitative estimate of drug-likeness (QED) is 0.191. The predicted octanol–water partition coefficient (Wildman–Crippen LogP) is 5.31. The van der Waals surface area contributed by atoms with Crippen molar-refractivity contribution >= 4 is 29.3 Å². The van der Waals surface area contributed by atoms with Gasteiger partial charge in [-0.25, -0.2) is 0 Å². The number of hydrogen-bond acceptors (Lipinski definition) is 7. The van der Waals surface area contributed by atoms with Gasteiger partial charge in [0, 0.05) is 16.9 Å². The molecule has 0 saturated carbocycles. The predicted molar refractivity (Wildman–Crippen MR) is 141 cm³/mol. The van der Waals surface area contributed by atoms with Gasteiger partial charge in [0.25, 0.3) is 0 Å². The number of esters is 1. The average molecular weight is 507 g/mol. The number of aliphatic hydroxyl groups is 1. The van der Waals surface area contributed by atoms with E-state index in [1.807, 2.05) is 48.5 Å². The summed E-state index contributed by atoms with van der Waals surface area (Å²) >= 11 is 1.42. The van der Waals surface area contributed by atoms with E-state index in [9.17, 15) is 19.5 Å². The molecule has 0 aliphatic carbocycles. The standard InChI is InChI=1S/C29H30O6S/c1-29(2,33)28(32)23-13-15-24(16-14-23)34-18-19-35-25(30)17-20-36-27(22-11-7-4-8-12-22)26(31)21-9-5-3-6-10-21/h3-16,27,33H,17-20H2,1-2H3. The Labute approximate surface area is 215 Å². The second-order valence-electron chi connectivity index (χ2n) is 8.62. The number of hydrogen-bond donors (Lipinski definition) is 1. The van der Waals surface area contributed by atoms with E-state index in [4.69, 9.17) is 9.47 Å². The van der Waals surface area contributed by atoms with E-state index >= 15 is 0 Å². The first kappa shape index (κ1) is 27.2. The first-order chi connectivity index (χ1) is 17.3. The van der Waals surface area contributed by atoms with Crippen LogP contribution in [-0.4, -0.2) is 47.2 Å². The van der Waals surface area contributed by atoms with Gasteiger partial charge < -0.3 is 14.6 Å². The van der Waals surface area contributed by atoms with E-state index in [1.165, 1.54) is 25.6 Å². The first-order valence-corrected chi connectivity index (χ1v) is 12.7. The lowest BCUT2D eigenvalue weighted by Gasteiger charge is -2.16. The molecule has 0 radical (unpaired) electrons. The molecular formula is C29H30O6S. The maximum atomic E-state index is 13.1. The number of carbonyl (C=O) groups excluding carboxylic acids is 3. The number of thioether (sulfide) groups is 1. The van der Waals surface area contributed by atoms with Crippen molar-refractivity contribution in [1.82, 2.24) is 0 Å². The van der Waals surface area contributed by atoms with Crippen molar-refractivity contribution in [3.05, 3.63) is 102 Å². The van der Waals surface area contributed by atoms with Gasteiger partial charge in [0.2, 0.25) is 0 Å². The smallest absolute Gasteiger partial charge is 0.306 e. The fourth-order valence-corrected chi connectivity index (χ4v) is 4.57. The molecule has 3 aromatic carbocycles. The molecule has 36 heavy (non-hydrogen) atoms. The van der Waals surface area contributed by atoms with Crippen LogP contribution in [-0.2, 0) is 9.53 Å². The van der Waals surface area contributed by atoms with Crippen molar-refractivity contribution in [2.75, 3.05) is 19.0 Å². The minimum Gasteiger partial charge on any atom is -0.490 e. The molecule has 7 heteroatoms. The lowest BCUT2D eigenvalue weighted by Crippen LogP contribution is -2.30. The van der Waals surface area contributed by atoms with Crippen LogP contribution >= 0.6 is 11.8 Å². The summed E-state index contributed by atoms with van der Waals surface area (Å²) in [7, 11) is 0. The van der Waals surface area contributed by atoms with E-state index in [0.29, 0.717) is 22.6 Å². The van der Waals surface area contributed by atoms with Crippen molar-refractivity contribution in [2.24, 2.45) is 0 Å². The minimum atomic E-state index is -1.44. The lowest BCUT2D eigenvalue weighted by atomic mass is 9.97. The molecule has 0 saturated heterocycles. The van der Waals surface area contributed by atoms with Gasteiger partial charge in [-0.1, -0.05) is 60.7 Å². The molecule has 1 atom stereocenters. The highest BCUT2D eigenvalue weighted by Crippen LogP contribution is 2.32. The summed E-state index contributed by atoms with van der Waals surface area (Å²) in [5.41, 5.74) is 0.480. The van der Waals surface area contributed by atoms with Gasteiger partial charge in [0.15, 0.2) is 11.6 Å². The lowest BCUT2D eigenvalue weighted by molar-refractivity contribution is -0.143. The molecule has 0 aliphatic heterocycles. The van der Waals surface area contributed by atoms with Crippen molar-refractivity contribution in [2.45, 2.75) is 31.1 Å². The number of benzene rings is 3. The number of Topliss-reactive ketones (excluding diaryl/α,β-unsaturated/α-hetero) is 2. The molecule has 0 spiro atoms. The molecular weight excluding hydrogens is 476 g/mol. The van der Waals surface area contributed by atoms with Crippen LogP contribution in [0.15, 0.2) is 84.9 Å². The summed E-state index contributed by atoms with van der Waals surface area (Å²) in [5.74, 6) is 0.231. The third kappa shape index (κ3) is 8.07. The number of rotatable bonds is 13. The molecule has 0 amide bonds. The fourth-order valence-electron chi connectivity index (χ4n) is 3.41. The van der Waals surface area contributed by atoms with Crippen LogP contribution in [0.2, 0.25) is 0 Å². The maximum Gasteiger partial charge on any atom is 0.306 e. The van der Waals surface area contributed by atoms with Gasteiger partial charge in [-0.2, -0.15) is 0 Å². The van der Waals surface area contributed by atoms with Gasteiger partial charge in [-0.15, -0.1) is 11.8 Å². The monoisotopic (exact) mass is 506 g/mol. The normalized spacial score (nSPS) is 12.0. The Kier molecular flexibility index (Phi) is 9.85. The summed E-state index contributed by atoms with van der Waals surface area (Å²) in [6.45, 7) is 3.13. The second-order valence-corrected chi connectivity index (χ2v) is 9.84. The Hall–Kier alpha value is -3.42. The van der Waals surface area contributed by atoms with Crippen molar-refractivity contribution in [3.63, 3.8) is 0 Å². The van der Waals surface area contributed by atoms with Crippen LogP contribution in [0.1, 0.15) is 51.8 Å². The van der Waals surface area contributed by atoms with Crippen LogP contribution in [0, 0.1) is 0 Å². The molecule has 6 nitrogen and oxygen atoms in total. The molecule has 1 unspecified atom stereocenters. The highest BCUT2D eigenvalue weighted by Gasteiger charge is 2.25. The Balaban J connectivity index is 1.43. The molecule has 0 bridgehead atoms. The SMILES string of the molecule is CC(C)(O)C(=O)c1ccc(OCCOC(=O)CCSC(C(=O)c2ccccc2)c2ccccc2)cc1. The molecule has 0 aliphatic rings. The Morgan fingerprint density at radius 2 is 1.44 bits per heavy atom. The van der Waals surface area contributed by atoms with Crippen LogP contribution in [0.25, 0.3) is 0 Å². The summed E-state index contributed by atoms with van der Waals surface area (Å²) in [6, 6.07) is 25.1. The zero-order valence-corrected chi connectivity index (χ0v) is 21.2. The van der Waals surface area contributed by atoms with Crippen molar-refractivity contribution < 1.29 is 29.0 Å². The van der Waals surface area contributed by atoms with E-state index in [0.717, 1.165) is 5.56 Å². The van der Waals surface area contributed by atoms with Crippen LogP contribution < -0.4 is 4.74 Å². The van der Waals surface area contributed by atoms with E-state index in [1.54, 1.807) is 36.4 Å². The number of carbonyl (C=O) groups is 3. The maximum absolute atomic E-state index is 13.1. The average Bonchev–Trinajstić information content (AvgIpc) is 2.89. The summed E-state index contributed by atoms with van der Waals surface area (Å²) in [5, 5.41) is 9.41. The fraction of sp³-hybridized carbons (Fsp3) is 0.276. The van der Waals surface area contributed by atoms with Crippen LogP contribution in [0.5, 0.6) is 5.75 Å². The van der Waals surface area contributed by atoms with Crippen molar-refractivity contribution in [3.8, 4) is 5.75 Å². The third-order valence-corrected chi connectivity index (χ3v) is 6.54. The highest BCUT2D eigenvalue weighted by atomic mass is 32.2. The zero-order chi connectivity index (χ0) is 26.0. The molecule has 3 rings (SSSR count). The first-order valence-electron chi connectivity index (χ1n) is 11.7. The van der Waals surface area contributed by atoms with Crippen molar-refractivity contribution in [1.29, 1.82) is 0 Å². The topological polar surface area (TPSA) is 89.9 Å². The van der Waals surface area contributed by atoms with E-state index < -0.39 is 10.9 Å². The second kappa shape index (κ2) is 13.0. The van der Waals surface area contributed by atoms with Gasteiger partial charge in [0.05, 0.1) is 11.7 Å². The summed E-state index contributed by atoms with van der Waals surface area (Å²) < 4.78 is 10.8. The Morgan fingerprint density at radius 3 is 2.06 bits per heavy atom. The third-order valence-electron chi connectivity index (χ3n) is 5.28. The molecule has 0 fully saturated rings. The van der Waals surface area contributed by atoms with Crippen LogP contribution in [0.4, 0.5) is 0 Å². The van der Waals surface area contributed by atoms with Gasteiger partial charge in [-0.05, 0) is 43.7 Å². The van der Waals surface area contributed by atoms with E-state index in [2.05, 4.69) is 0 Å². The molecule has 0 aromatic heterocycles. The molecule has 188 valence electrons. The molecule has 3 aromatic rings. The van der Waals surface area contributed by atoms with Crippen LogP contribution in [0.3, 0.4) is 0 Å². The molecule has 0 heterocycles. The van der Waals surface area contributed by atoms with Gasteiger partial charge in [0.1, 0.15) is 24.6 Å². The van der Waals surface area contributed by atoms with Gasteiger partial charge >= 0.3 is 5.97 Å². The highest BCUT2D eigenvalue weighted by molar-refractivity contribution is 8.00. The number of ether oxygens (including phenoxy) is 2. The summed E-state index contributed by atoms with van der Waals surface area (Å²) in [6.07, 6.45) is 0.170. The minimum absolute atomic E-state index is 0.00355. The Morgan fingerprint density at radius 1 is 0.833 bits per heavy atom. The summed E-state index contributed by atoms with van der Waals surface area (Å²) in [4.78, 5) is 37.3. The Bertz CT molecular complexity index is 1140. The van der Waals surface area contributed by atoms with E-state index in [-0.39, 0.29) is 37.2 Å². The largest absolute Gasteiger partial charge is 0.490 e.